The maximum atomic E-state index is 5.28. The first-order chi connectivity index (χ1) is 7.86. The third-order valence-corrected chi connectivity index (χ3v) is 2.90. The molecule has 0 atom stereocenters. The molecule has 0 saturated heterocycles. The first-order valence-electron chi connectivity index (χ1n) is 5.13. The minimum atomic E-state index is 0.741. The summed E-state index contributed by atoms with van der Waals surface area (Å²) in [5.74, 6) is 0.931. The molecule has 86 valence electrons. The van der Waals surface area contributed by atoms with E-state index in [4.69, 9.17) is 4.42 Å². The second-order valence-corrected chi connectivity index (χ2v) is 4.24. The first-order valence-corrected chi connectivity index (χ1v) is 5.92. The van der Waals surface area contributed by atoms with Crippen LogP contribution >= 0.6 is 15.9 Å². The van der Waals surface area contributed by atoms with Gasteiger partial charge >= 0.3 is 0 Å². The highest BCUT2D eigenvalue weighted by molar-refractivity contribution is 9.10. The third kappa shape index (κ3) is 3.18. The van der Waals surface area contributed by atoms with Gasteiger partial charge in [-0.1, -0.05) is 5.21 Å². The Kier molecular flexibility index (Phi) is 4.12. The third-order valence-electron chi connectivity index (χ3n) is 2.19. The normalized spacial score (nSPS) is 10.8. The summed E-state index contributed by atoms with van der Waals surface area (Å²) in [5, 5.41) is 10.9. The predicted octanol–water partition coefficient (Wildman–Crippen LogP) is 1.81. The van der Waals surface area contributed by atoms with Crippen molar-refractivity contribution in [1.29, 1.82) is 0 Å². The van der Waals surface area contributed by atoms with Crippen molar-refractivity contribution in [2.75, 3.05) is 6.54 Å². The van der Waals surface area contributed by atoms with Crippen LogP contribution in [0.1, 0.15) is 12.2 Å². The number of nitrogens with one attached hydrogen (secondary N) is 1. The second-order valence-electron chi connectivity index (χ2n) is 3.39. The van der Waals surface area contributed by atoms with Crippen LogP contribution in [0.25, 0.3) is 0 Å². The van der Waals surface area contributed by atoms with Crippen LogP contribution in [0.15, 0.2) is 33.6 Å². The molecule has 2 aromatic heterocycles. The molecule has 0 radical (unpaired) electrons. The molecule has 0 fully saturated rings. The van der Waals surface area contributed by atoms with E-state index >= 15 is 0 Å². The molecular formula is C10H13BrN4O. The number of hydrogen-bond donors (Lipinski definition) is 1. The molecule has 0 saturated carbocycles. The number of nitrogens with zero attached hydrogens (tertiary/aromatic N) is 3. The number of aryl methyl sites for hydroxylation is 1. The number of hydrogen-bond acceptors (Lipinski definition) is 4. The van der Waals surface area contributed by atoms with Crippen LogP contribution in [0.5, 0.6) is 0 Å². The zero-order chi connectivity index (χ0) is 11.2. The highest BCUT2D eigenvalue weighted by Gasteiger charge is 2.01. The Labute approximate surface area is 102 Å². The minimum Gasteiger partial charge on any atom is -0.467 e. The quantitative estimate of drug-likeness (QED) is 0.822. The zero-order valence-corrected chi connectivity index (χ0v) is 10.4. The lowest BCUT2D eigenvalue weighted by molar-refractivity contribution is 0.468. The molecule has 0 amide bonds. The lowest BCUT2D eigenvalue weighted by atomic mass is 10.4. The van der Waals surface area contributed by atoms with Gasteiger partial charge in [0.1, 0.15) is 5.76 Å². The van der Waals surface area contributed by atoms with Crippen LogP contribution in [-0.4, -0.2) is 21.5 Å². The van der Waals surface area contributed by atoms with E-state index in [2.05, 4.69) is 31.6 Å². The SMILES string of the molecule is Brc1ccoc1CNCCCn1ccnn1. The Bertz CT molecular complexity index is 412. The van der Waals surface area contributed by atoms with Crippen molar-refractivity contribution >= 4 is 15.9 Å². The molecule has 2 aromatic rings. The number of furan rings is 1. The number of rotatable bonds is 6. The summed E-state index contributed by atoms with van der Waals surface area (Å²) >= 11 is 3.41. The van der Waals surface area contributed by atoms with Gasteiger partial charge in [-0.15, -0.1) is 5.10 Å². The maximum Gasteiger partial charge on any atom is 0.131 e. The molecule has 2 rings (SSSR count). The Morgan fingerprint density at radius 3 is 3.12 bits per heavy atom. The average molecular weight is 285 g/mol. The number of halogens is 1. The van der Waals surface area contributed by atoms with E-state index in [0.717, 1.165) is 36.3 Å². The zero-order valence-electron chi connectivity index (χ0n) is 8.77. The summed E-state index contributed by atoms with van der Waals surface area (Å²) in [4.78, 5) is 0. The molecule has 0 aromatic carbocycles. The van der Waals surface area contributed by atoms with Crippen molar-refractivity contribution in [3.8, 4) is 0 Å². The van der Waals surface area contributed by atoms with Crippen LogP contribution in [-0.2, 0) is 13.1 Å². The van der Waals surface area contributed by atoms with E-state index < -0.39 is 0 Å². The van der Waals surface area contributed by atoms with E-state index in [-0.39, 0.29) is 0 Å². The maximum absolute atomic E-state index is 5.28. The molecule has 0 aliphatic carbocycles. The van der Waals surface area contributed by atoms with Gasteiger partial charge in [0.15, 0.2) is 0 Å². The standard InChI is InChI=1S/C10H13BrN4O/c11-9-2-7-16-10(9)8-12-3-1-5-15-6-4-13-14-15/h2,4,6-7,12H,1,3,5,8H2. The van der Waals surface area contributed by atoms with Crippen molar-refractivity contribution < 1.29 is 4.42 Å². The van der Waals surface area contributed by atoms with Gasteiger partial charge in [0.05, 0.1) is 23.5 Å². The summed E-state index contributed by atoms with van der Waals surface area (Å²) in [7, 11) is 0. The van der Waals surface area contributed by atoms with Crippen LogP contribution < -0.4 is 5.32 Å². The lowest BCUT2D eigenvalue weighted by Gasteiger charge is -2.03. The van der Waals surface area contributed by atoms with E-state index in [9.17, 15) is 0 Å². The van der Waals surface area contributed by atoms with Gasteiger partial charge in [-0.3, -0.25) is 4.68 Å². The van der Waals surface area contributed by atoms with Gasteiger partial charge in [0.25, 0.3) is 0 Å². The van der Waals surface area contributed by atoms with Crippen molar-refractivity contribution in [1.82, 2.24) is 20.3 Å². The molecule has 0 aliphatic rings. The van der Waals surface area contributed by atoms with E-state index in [1.54, 1.807) is 12.5 Å². The molecule has 0 unspecified atom stereocenters. The van der Waals surface area contributed by atoms with E-state index in [0.29, 0.717) is 0 Å². The molecular weight excluding hydrogens is 272 g/mol. The van der Waals surface area contributed by atoms with E-state index in [1.165, 1.54) is 0 Å². The van der Waals surface area contributed by atoms with Crippen molar-refractivity contribution in [2.24, 2.45) is 0 Å². The Morgan fingerprint density at radius 2 is 2.44 bits per heavy atom. The monoisotopic (exact) mass is 284 g/mol. The fraction of sp³-hybridized carbons (Fsp3) is 0.400. The molecule has 2 heterocycles. The summed E-state index contributed by atoms with van der Waals surface area (Å²) in [6.07, 6.45) is 6.24. The van der Waals surface area contributed by atoms with Gasteiger partial charge in [-0.2, -0.15) is 0 Å². The average Bonchev–Trinajstić information content (AvgIpc) is 2.90. The Balaban J connectivity index is 1.61. The lowest BCUT2D eigenvalue weighted by Crippen LogP contribution is -2.16. The predicted molar refractivity (Wildman–Crippen MR) is 62.8 cm³/mol. The highest BCUT2D eigenvalue weighted by atomic mass is 79.9. The largest absolute Gasteiger partial charge is 0.467 e. The van der Waals surface area contributed by atoms with Crippen molar-refractivity contribution in [3.05, 3.63) is 35.0 Å². The summed E-state index contributed by atoms with van der Waals surface area (Å²) in [6, 6.07) is 1.90. The van der Waals surface area contributed by atoms with Crippen molar-refractivity contribution in [3.63, 3.8) is 0 Å². The minimum absolute atomic E-state index is 0.741. The van der Waals surface area contributed by atoms with Crippen LogP contribution in [0.2, 0.25) is 0 Å². The first kappa shape index (κ1) is 11.3. The van der Waals surface area contributed by atoms with Crippen molar-refractivity contribution in [2.45, 2.75) is 19.5 Å². The van der Waals surface area contributed by atoms with Gasteiger partial charge in [-0.05, 0) is 35.0 Å². The summed E-state index contributed by atoms with van der Waals surface area (Å²) < 4.78 is 8.11. The molecule has 0 bridgehead atoms. The van der Waals surface area contributed by atoms with Gasteiger partial charge in [0.2, 0.25) is 0 Å². The topological polar surface area (TPSA) is 55.9 Å². The Morgan fingerprint density at radius 1 is 1.50 bits per heavy atom. The summed E-state index contributed by atoms with van der Waals surface area (Å²) in [6.45, 7) is 2.55. The number of aromatic nitrogens is 3. The molecule has 16 heavy (non-hydrogen) atoms. The fourth-order valence-electron chi connectivity index (χ4n) is 1.37. The summed E-state index contributed by atoms with van der Waals surface area (Å²) in [5.41, 5.74) is 0. The second kappa shape index (κ2) is 5.81. The van der Waals surface area contributed by atoms with Crippen LogP contribution in [0.3, 0.4) is 0 Å². The van der Waals surface area contributed by atoms with Gasteiger partial charge < -0.3 is 9.73 Å². The Hall–Kier alpha value is -1.14. The smallest absolute Gasteiger partial charge is 0.131 e. The van der Waals surface area contributed by atoms with Gasteiger partial charge in [0, 0.05) is 12.7 Å². The van der Waals surface area contributed by atoms with Crippen LogP contribution in [0.4, 0.5) is 0 Å². The molecule has 5 nitrogen and oxygen atoms in total. The molecule has 1 N–H and O–H groups in total. The molecule has 0 aliphatic heterocycles. The molecule has 0 spiro atoms. The van der Waals surface area contributed by atoms with Gasteiger partial charge in [-0.25, -0.2) is 0 Å². The van der Waals surface area contributed by atoms with E-state index in [1.807, 2.05) is 16.9 Å². The molecule has 6 heteroatoms. The highest BCUT2D eigenvalue weighted by Crippen LogP contribution is 2.16. The fourth-order valence-corrected chi connectivity index (χ4v) is 1.71. The van der Waals surface area contributed by atoms with Crippen LogP contribution in [0, 0.1) is 0 Å².